The molecule has 2 aromatic rings. The number of halogens is 2. The Hall–Kier alpha value is -2.66. The number of allylic oxidation sites excluding steroid dienone is 4. The summed E-state index contributed by atoms with van der Waals surface area (Å²) in [6, 6.07) is 17.6. The van der Waals surface area contributed by atoms with E-state index in [4.69, 9.17) is 10.6 Å². The Morgan fingerprint density at radius 2 is 1.33 bits per heavy atom. The van der Waals surface area contributed by atoms with Gasteiger partial charge in [-0.15, -0.1) is 0 Å². The molecule has 0 saturated heterocycles. The third-order valence-electron chi connectivity index (χ3n) is 4.77. The van der Waals surface area contributed by atoms with Crippen LogP contribution in [0.5, 0.6) is 0 Å². The van der Waals surface area contributed by atoms with Gasteiger partial charge in [0, 0.05) is 22.7 Å². The highest BCUT2D eigenvalue weighted by Crippen LogP contribution is 2.44. The van der Waals surface area contributed by atoms with Crippen molar-refractivity contribution in [2.24, 2.45) is 4.88 Å². The zero-order valence-electron chi connectivity index (χ0n) is 19.1. The number of esters is 1. The molecule has 11 heteroatoms. The van der Waals surface area contributed by atoms with Gasteiger partial charge in [-0.3, -0.25) is 0 Å². The van der Waals surface area contributed by atoms with Gasteiger partial charge in [-0.25, -0.2) is 9.59 Å². The van der Waals surface area contributed by atoms with Crippen molar-refractivity contribution in [1.82, 2.24) is 0 Å². The van der Waals surface area contributed by atoms with Crippen molar-refractivity contribution in [2.45, 2.75) is 12.8 Å². The van der Waals surface area contributed by atoms with Crippen molar-refractivity contribution in [3.63, 3.8) is 0 Å². The maximum atomic E-state index is 12.8. The van der Waals surface area contributed by atoms with Gasteiger partial charge in [-0.2, -0.15) is 0 Å². The number of carboxylic acid groups (broad SMARTS) is 1. The standard InChI is InChI=1S/C12H10N3OP.C7H7IO2.C6H5IO2/c13-14-15-17(16,11-7-3-1-4-8-11)12-9-5-2-6-10-12;1-10-7(9)5-3-2-4-6(5)8;7-5-3-1-2-4(5)6(8)9/h1-10H;3-4H,2H2,1H3;2-3H,1H2,(H,8,9). The molecule has 0 aliphatic heterocycles. The molecule has 0 heterocycles. The fourth-order valence-electron chi connectivity index (χ4n) is 3.02. The van der Waals surface area contributed by atoms with Crippen molar-refractivity contribution in [2.75, 3.05) is 7.11 Å². The Balaban J connectivity index is 0.000000205. The molecule has 2 aliphatic carbocycles. The number of carboxylic acids is 1. The second-order valence-electron chi connectivity index (χ2n) is 7.03. The van der Waals surface area contributed by atoms with Crippen LogP contribution in [0.4, 0.5) is 0 Å². The molecule has 0 radical (unpaired) electrons. The summed E-state index contributed by atoms with van der Waals surface area (Å²) in [6.07, 6.45) is 9.08. The second-order valence-corrected chi connectivity index (χ2v) is 11.7. The van der Waals surface area contributed by atoms with Crippen molar-refractivity contribution in [1.29, 1.82) is 0 Å². The van der Waals surface area contributed by atoms with Crippen molar-refractivity contribution in [3.8, 4) is 0 Å². The Morgan fingerprint density at radius 3 is 1.64 bits per heavy atom. The molecular weight excluding hydrogens is 707 g/mol. The summed E-state index contributed by atoms with van der Waals surface area (Å²) >= 11 is 4.15. The highest BCUT2D eigenvalue weighted by atomic mass is 127. The van der Waals surface area contributed by atoms with E-state index in [1.807, 2.05) is 53.0 Å². The topological polar surface area (TPSA) is 129 Å². The van der Waals surface area contributed by atoms with E-state index in [2.05, 4.69) is 37.1 Å². The van der Waals surface area contributed by atoms with Crippen molar-refractivity contribution >= 4 is 75.0 Å². The molecule has 0 amide bonds. The highest BCUT2D eigenvalue weighted by molar-refractivity contribution is 14.1. The molecule has 0 saturated carbocycles. The summed E-state index contributed by atoms with van der Waals surface area (Å²) in [5.41, 5.74) is 9.75. The zero-order chi connectivity index (χ0) is 26.6. The number of rotatable bonds is 5. The third kappa shape index (κ3) is 8.19. The first kappa shape index (κ1) is 29.6. The lowest BCUT2D eigenvalue weighted by Gasteiger charge is -2.12. The number of azide groups is 1. The summed E-state index contributed by atoms with van der Waals surface area (Å²) in [7, 11) is -1.82. The van der Waals surface area contributed by atoms with E-state index >= 15 is 0 Å². The molecule has 0 bridgehead atoms. The van der Waals surface area contributed by atoms with Gasteiger partial charge in [0.1, 0.15) is 0 Å². The van der Waals surface area contributed by atoms with Gasteiger partial charge < -0.3 is 14.4 Å². The number of carbonyl (C=O) groups excluding carboxylic acids is 1. The molecule has 4 rings (SSSR count). The first-order valence-corrected chi connectivity index (χ1v) is 14.3. The van der Waals surface area contributed by atoms with E-state index in [0.717, 1.165) is 20.0 Å². The Bertz CT molecular complexity index is 1270. The first-order chi connectivity index (χ1) is 17.2. The highest BCUT2D eigenvalue weighted by Gasteiger charge is 2.25. The molecule has 0 atom stereocenters. The molecular formula is C25H22I2N3O5P. The minimum absolute atomic E-state index is 0.238. The summed E-state index contributed by atoms with van der Waals surface area (Å²) in [6.45, 7) is 0. The fourth-order valence-corrected chi connectivity index (χ4v) is 6.19. The number of nitrogens with zero attached hydrogens (tertiary/aromatic N) is 3. The molecule has 0 aromatic heterocycles. The quantitative estimate of drug-likeness (QED) is 0.0909. The smallest absolute Gasteiger partial charge is 0.338 e. The van der Waals surface area contributed by atoms with Gasteiger partial charge in [-0.1, -0.05) is 85.0 Å². The molecule has 36 heavy (non-hydrogen) atoms. The van der Waals surface area contributed by atoms with E-state index in [1.54, 1.807) is 54.6 Å². The van der Waals surface area contributed by atoms with Crippen LogP contribution < -0.4 is 10.6 Å². The number of hydrogen-bond donors (Lipinski definition) is 1. The van der Waals surface area contributed by atoms with Gasteiger partial charge in [-0.05, 0) is 68.4 Å². The van der Waals surface area contributed by atoms with E-state index in [1.165, 1.54) is 7.11 Å². The number of ether oxygens (including phenoxy) is 1. The molecule has 8 nitrogen and oxygen atoms in total. The fraction of sp³-hybridized carbons (Fsp3) is 0.120. The predicted octanol–water partition coefficient (Wildman–Crippen LogP) is 6.75. The molecule has 2 aliphatic rings. The average Bonchev–Trinajstić information content (AvgIpc) is 3.53. The Kier molecular flexibility index (Phi) is 12.1. The van der Waals surface area contributed by atoms with Crippen LogP contribution in [-0.4, -0.2) is 24.2 Å². The Labute approximate surface area is 236 Å². The predicted molar refractivity (Wildman–Crippen MR) is 158 cm³/mol. The van der Waals surface area contributed by atoms with E-state index in [9.17, 15) is 14.2 Å². The number of hydrogen-bond acceptors (Lipinski definition) is 4. The number of aliphatic carboxylic acids is 1. The number of carbonyl (C=O) groups is 2. The molecule has 186 valence electrons. The van der Waals surface area contributed by atoms with Crippen LogP contribution in [0.25, 0.3) is 10.4 Å². The zero-order valence-corrected chi connectivity index (χ0v) is 24.3. The lowest BCUT2D eigenvalue weighted by atomic mass is 10.3. The van der Waals surface area contributed by atoms with Crippen LogP contribution in [0.15, 0.2) is 108 Å². The molecule has 2 aromatic carbocycles. The van der Waals surface area contributed by atoms with Gasteiger partial charge in [0.2, 0.25) is 7.29 Å². The lowest BCUT2D eigenvalue weighted by molar-refractivity contribution is -0.135. The van der Waals surface area contributed by atoms with Crippen molar-refractivity contribution in [3.05, 3.63) is 114 Å². The van der Waals surface area contributed by atoms with Crippen molar-refractivity contribution < 1.29 is 24.0 Å². The van der Waals surface area contributed by atoms with Gasteiger partial charge in [0.25, 0.3) is 0 Å². The summed E-state index contributed by atoms with van der Waals surface area (Å²) < 4.78 is 19.2. The molecule has 0 unspecified atom stereocenters. The normalized spacial score (nSPS) is 13.8. The molecule has 0 spiro atoms. The van der Waals surface area contributed by atoms with Gasteiger partial charge >= 0.3 is 11.9 Å². The molecule has 1 N–H and O–H groups in total. The first-order valence-electron chi connectivity index (χ1n) is 10.5. The van der Waals surface area contributed by atoms with Crippen LogP contribution >= 0.6 is 52.5 Å². The monoisotopic (exact) mass is 729 g/mol. The minimum atomic E-state index is -3.22. The number of methoxy groups -OCH3 is 1. The summed E-state index contributed by atoms with van der Waals surface area (Å²) in [5, 5.41) is 9.56. The largest absolute Gasteiger partial charge is 0.478 e. The maximum Gasteiger partial charge on any atom is 0.338 e. The van der Waals surface area contributed by atoms with E-state index in [0.29, 0.717) is 21.8 Å². The minimum Gasteiger partial charge on any atom is -0.478 e. The van der Waals surface area contributed by atoms with Crippen LogP contribution in [0.1, 0.15) is 12.8 Å². The summed E-state index contributed by atoms with van der Waals surface area (Å²) in [5.74, 6) is -1.06. The average molecular weight is 729 g/mol. The Morgan fingerprint density at radius 1 is 0.889 bits per heavy atom. The summed E-state index contributed by atoms with van der Waals surface area (Å²) in [4.78, 5) is 27.4. The van der Waals surface area contributed by atoms with Crippen LogP contribution in [-0.2, 0) is 18.9 Å². The van der Waals surface area contributed by atoms with E-state index in [-0.39, 0.29) is 5.97 Å². The van der Waals surface area contributed by atoms with Crippen LogP contribution in [0.3, 0.4) is 0 Å². The third-order valence-corrected chi connectivity index (χ3v) is 9.14. The van der Waals surface area contributed by atoms with Crippen LogP contribution in [0, 0.1) is 0 Å². The van der Waals surface area contributed by atoms with Crippen LogP contribution in [0.2, 0.25) is 0 Å². The maximum absolute atomic E-state index is 12.8. The lowest BCUT2D eigenvalue weighted by Crippen LogP contribution is -2.13. The van der Waals surface area contributed by atoms with E-state index < -0.39 is 13.3 Å². The number of benzene rings is 2. The molecule has 0 fully saturated rings. The SMILES string of the molecule is COC(=O)C1=CCC=C1I.O=C(O)C1=CCC=C1I.[N-]=[N+]=NP(=O)(c1ccccc1)c1ccccc1. The second kappa shape index (κ2) is 14.8. The van der Waals surface area contributed by atoms with Gasteiger partial charge in [0.05, 0.1) is 18.3 Å². The van der Waals surface area contributed by atoms with Gasteiger partial charge in [0.15, 0.2) is 0 Å².